The van der Waals surface area contributed by atoms with Gasteiger partial charge in [-0.05, 0) is 77.1 Å². The van der Waals surface area contributed by atoms with Gasteiger partial charge in [-0.25, -0.2) is 0 Å². The molecule has 4 atom stereocenters. The van der Waals surface area contributed by atoms with Crippen LogP contribution in [0.1, 0.15) is 55.4 Å². The summed E-state index contributed by atoms with van der Waals surface area (Å²) in [6, 6.07) is 5.46. The molecule has 0 saturated carbocycles. The lowest BCUT2D eigenvalue weighted by Gasteiger charge is -2.32. The zero-order valence-electron chi connectivity index (χ0n) is 13.2. The van der Waals surface area contributed by atoms with Crippen molar-refractivity contribution in [3.63, 3.8) is 0 Å². The quantitative estimate of drug-likeness (QED) is 0.729. The SMILES string of the molecule is Cc1cc(C)c(C)c(C2C3CCN([C@@H]2C)C3(C)C)c1. The molecule has 2 aliphatic heterocycles. The van der Waals surface area contributed by atoms with Gasteiger partial charge in [0.1, 0.15) is 0 Å². The summed E-state index contributed by atoms with van der Waals surface area (Å²) < 4.78 is 0. The molecule has 0 aliphatic carbocycles. The van der Waals surface area contributed by atoms with Crippen molar-refractivity contribution in [2.75, 3.05) is 6.54 Å². The molecule has 19 heavy (non-hydrogen) atoms. The van der Waals surface area contributed by atoms with E-state index in [0.717, 1.165) is 11.8 Å². The van der Waals surface area contributed by atoms with E-state index in [-0.39, 0.29) is 0 Å². The third-order valence-corrected chi connectivity index (χ3v) is 5.98. The average Bonchev–Trinajstić information content (AvgIpc) is 2.70. The molecule has 1 heteroatoms. The molecule has 2 heterocycles. The molecule has 2 saturated heterocycles. The molecular weight excluding hydrogens is 230 g/mol. The van der Waals surface area contributed by atoms with E-state index in [2.05, 4.69) is 58.6 Å². The van der Waals surface area contributed by atoms with Crippen molar-refractivity contribution in [2.45, 2.75) is 65.5 Å². The van der Waals surface area contributed by atoms with Crippen molar-refractivity contribution in [2.24, 2.45) is 5.92 Å². The zero-order valence-corrected chi connectivity index (χ0v) is 13.2. The molecule has 2 fully saturated rings. The Hall–Kier alpha value is -0.820. The lowest BCUT2D eigenvalue weighted by atomic mass is 9.74. The number of rotatable bonds is 1. The van der Waals surface area contributed by atoms with E-state index in [0.29, 0.717) is 11.6 Å². The van der Waals surface area contributed by atoms with E-state index >= 15 is 0 Å². The van der Waals surface area contributed by atoms with E-state index in [1.54, 1.807) is 5.56 Å². The first kappa shape index (κ1) is 13.2. The van der Waals surface area contributed by atoms with Crippen molar-refractivity contribution in [1.29, 1.82) is 0 Å². The van der Waals surface area contributed by atoms with Crippen molar-refractivity contribution in [3.05, 3.63) is 34.4 Å². The fourth-order valence-electron chi connectivity index (χ4n) is 4.91. The molecule has 0 aromatic heterocycles. The summed E-state index contributed by atoms with van der Waals surface area (Å²) in [5.41, 5.74) is 6.39. The van der Waals surface area contributed by atoms with E-state index in [1.807, 2.05) is 0 Å². The molecule has 2 aliphatic rings. The van der Waals surface area contributed by atoms with Gasteiger partial charge in [0.15, 0.2) is 0 Å². The van der Waals surface area contributed by atoms with Crippen LogP contribution in [-0.4, -0.2) is 23.0 Å². The standard InChI is InChI=1S/C18H27N/c1-11-9-12(2)13(3)15(10-11)17-14(4)19-8-7-16(17)18(19,5)6/h9-10,14,16-17H,7-8H2,1-6H3/t14-,16?,17?/m1/s1. The second kappa shape index (κ2) is 4.09. The summed E-state index contributed by atoms with van der Waals surface area (Å²) in [5, 5.41) is 0. The minimum atomic E-state index is 0.383. The van der Waals surface area contributed by atoms with E-state index in [9.17, 15) is 0 Å². The van der Waals surface area contributed by atoms with Gasteiger partial charge < -0.3 is 0 Å². The van der Waals surface area contributed by atoms with Crippen LogP contribution in [0.5, 0.6) is 0 Å². The number of hydrogen-bond donors (Lipinski definition) is 0. The normalized spacial score (nSPS) is 35.9. The summed E-state index contributed by atoms with van der Waals surface area (Å²) in [7, 11) is 0. The van der Waals surface area contributed by atoms with Crippen LogP contribution in [0.2, 0.25) is 0 Å². The molecule has 104 valence electrons. The minimum absolute atomic E-state index is 0.383. The molecule has 1 aromatic rings. The molecule has 1 aromatic carbocycles. The van der Waals surface area contributed by atoms with Gasteiger partial charge >= 0.3 is 0 Å². The second-order valence-corrected chi connectivity index (χ2v) is 7.30. The molecular formula is C18H27N. The fraction of sp³-hybridized carbons (Fsp3) is 0.667. The molecule has 3 rings (SSSR count). The van der Waals surface area contributed by atoms with Crippen LogP contribution in [0, 0.1) is 26.7 Å². The lowest BCUT2D eigenvalue weighted by molar-refractivity contribution is 0.169. The summed E-state index contributed by atoms with van der Waals surface area (Å²) >= 11 is 0. The largest absolute Gasteiger partial charge is 0.295 e. The Kier molecular flexibility index (Phi) is 2.83. The highest BCUT2D eigenvalue weighted by atomic mass is 15.3. The highest BCUT2D eigenvalue weighted by Crippen LogP contribution is 2.54. The maximum absolute atomic E-state index is 2.74. The molecule has 3 unspecified atom stereocenters. The number of fused-ring (bicyclic) bond motifs is 2. The van der Waals surface area contributed by atoms with Crippen LogP contribution >= 0.6 is 0 Å². The zero-order chi connectivity index (χ0) is 13.9. The van der Waals surface area contributed by atoms with Gasteiger partial charge in [-0.2, -0.15) is 0 Å². The van der Waals surface area contributed by atoms with Gasteiger partial charge in [-0.3, -0.25) is 4.90 Å². The molecule has 0 N–H and O–H groups in total. The lowest BCUT2D eigenvalue weighted by Crippen LogP contribution is -2.39. The molecule has 2 bridgehead atoms. The first-order valence-electron chi connectivity index (χ1n) is 7.68. The third kappa shape index (κ3) is 1.71. The van der Waals surface area contributed by atoms with Crippen molar-refractivity contribution < 1.29 is 0 Å². The Labute approximate surface area is 118 Å². The average molecular weight is 257 g/mol. The fourth-order valence-corrected chi connectivity index (χ4v) is 4.91. The second-order valence-electron chi connectivity index (χ2n) is 7.30. The molecule has 0 amide bonds. The van der Waals surface area contributed by atoms with Gasteiger partial charge in [-0.15, -0.1) is 0 Å². The van der Waals surface area contributed by atoms with Crippen LogP contribution in [0.4, 0.5) is 0 Å². The van der Waals surface area contributed by atoms with Crippen molar-refractivity contribution in [3.8, 4) is 0 Å². The minimum Gasteiger partial charge on any atom is -0.295 e. The Morgan fingerprint density at radius 3 is 2.42 bits per heavy atom. The summed E-state index contributed by atoms with van der Waals surface area (Å²) in [5.74, 6) is 1.55. The maximum Gasteiger partial charge on any atom is 0.0191 e. The van der Waals surface area contributed by atoms with E-state index in [4.69, 9.17) is 0 Å². The van der Waals surface area contributed by atoms with E-state index < -0.39 is 0 Å². The van der Waals surface area contributed by atoms with Gasteiger partial charge in [0.05, 0.1) is 0 Å². The highest BCUT2D eigenvalue weighted by molar-refractivity contribution is 5.42. The number of hydrogen-bond acceptors (Lipinski definition) is 1. The van der Waals surface area contributed by atoms with Crippen LogP contribution in [0.3, 0.4) is 0 Å². The first-order valence-corrected chi connectivity index (χ1v) is 7.68. The summed E-state index contributed by atoms with van der Waals surface area (Å²) in [6.45, 7) is 15.4. The highest BCUT2D eigenvalue weighted by Gasteiger charge is 2.56. The summed E-state index contributed by atoms with van der Waals surface area (Å²) in [6.07, 6.45) is 1.37. The molecule has 0 radical (unpaired) electrons. The Morgan fingerprint density at radius 2 is 1.84 bits per heavy atom. The number of nitrogens with zero attached hydrogens (tertiary/aromatic N) is 1. The van der Waals surface area contributed by atoms with Gasteiger partial charge in [0.2, 0.25) is 0 Å². The Bertz CT molecular complexity index is 515. The smallest absolute Gasteiger partial charge is 0.0191 e. The third-order valence-electron chi connectivity index (χ3n) is 5.98. The Morgan fingerprint density at radius 1 is 1.16 bits per heavy atom. The maximum atomic E-state index is 2.74. The predicted molar refractivity (Wildman–Crippen MR) is 81.7 cm³/mol. The molecule has 1 nitrogen and oxygen atoms in total. The Balaban J connectivity index is 2.09. The number of piperidine rings is 1. The van der Waals surface area contributed by atoms with Gasteiger partial charge in [-0.1, -0.05) is 17.7 Å². The first-order chi connectivity index (χ1) is 8.84. The topological polar surface area (TPSA) is 3.24 Å². The van der Waals surface area contributed by atoms with Gasteiger partial charge in [0.25, 0.3) is 0 Å². The van der Waals surface area contributed by atoms with Crippen LogP contribution < -0.4 is 0 Å². The predicted octanol–water partition coefficient (Wildman–Crippen LogP) is 4.20. The number of aryl methyl sites for hydroxylation is 2. The van der Waals surface area contributed by atoms with Crippen LogP contribution in [0.15, 0.2) is 12.1 Å². The van der Waals surface area contributed by atoms with Crippen molar-refractivity contribution in [1.82, 2.24) is 4.90 Å². The van der Waals surface area contributed by atoms with Gasteiger partial charge in [0, 0.05) is 17.5 Å². The molecule has 0 spiro atoms. The van der Waals surface area contributed by atoms with Crippen LogP contribution in [0.25, 0.3) is 0 Å². The van der Waals surface area contributed by atoms with E-state index in [1.165, 1.54) is 29.7 Å². The van der Waals surface area contributed by atoms with Crippen LogP contribution in [-0.2, 0) is 0 Å². The summed E-state index contributed by atoms with van der Waals surface area (Å²) in [4.78, 5) is 2.74. The van der Waals surface area contributed by atoms with Crippen molar-refractivity contribution >= 4 is 0 Å². The monoisotopic (exact) mass is 257 g/mol. The number of benzene rings is 1.